The topological polar surface area (TPSA) is 24.8 Å². The van der Waals surface area contributed by atoms with Crippen molar-refractivity contribution >= 4 is 5.91 Å². The van der Waals surface area contributed by atoms with E-state index in [-0.39, 0.29) is 5.91 Å². The summed E-state index contributed by atoms with van der Waals surface area (Å²) >= 11 is 0. The van der Waals surface area contributed by atoms with Crippen LogP contribution in [-0.2, 0) is 4.79 Å². The van der Waals surface area contributed by atoms with E-state index in [9.17, 15) is 4.79 Å². The molecule has 1 amide bonds. The van der Waals surface area contributed by atoms with Gasteiger partial charge >= 0.3 is 0 Å². The van der Waals surface area contributed by atoms with Gasteiger partial charge in [0.1, 0.15) is 0 Å². The Balaban J connectivity index is 2.27. The monoisotopic (exact) mass is 170 g/mol. The van der Waals surface area contributed by atoms with Crippen LogP contribution in [0.25, 0.3) is 0 Å². The quantitative estimate of drug-likeness (QED) is 0.537. The minimum Gasteiger partial charge on any atom is -0.468 e. The van der Waals surface area contributed by atoms with Gasteiger partial charge in [0.25, 0.3) is 0 Å². The highest BCUT2D eigenvalue weighted by Gasteiger charge is 2.22. The second-order valence-corrected chi connectivity index (χ2v) is 3.76. The summed E-state index contributed by atoms with van der Waals surface area (Å²) < 4.78 is 0. The zero-order chi connectivity index (χ0) is 9.14. The Kier molecular flexibility index (Phi) is 3.09. The van der Waals surface area contributed by atoms with Crippen molar-refractivity contribution in [2.45, 2.75) is 13.3 Å². The molecule has 1 heterocycles. The van der Waals surface area contributed by atoms with Crippen LogP contribution in [0.1, 0.15) is 13.3 Å². The van der Waals surface area contributed by atoms with E-state index >= 15 is 0 Å². The zero-order valence-electron chi connectivity index (χ0n) is 7.97. The van der Waals surface area contributed by atoms with E-state index in [0.717, 1.165) is 19.6 Å². The van der Waals surface area contributed by atoms with Crippen LogP contribution < -0.4 is 4.90 Å². The minimum absolute atomic E-state index is 0.160. The third-order valence-corrected chi connectivity index (χ3v) is 2.55. The Morgan fingerprint density at radius 3 is 2.83 bits per heavy atom. The highest BCUT2D eigenvalue weighted by molar-refractivity contribution is 5.72. The summed E-state index contributed by atoms with van der Waals surface area (Å²) in [5.74, 6) is 0.818. The fourth-order valence-corrected chi connectivity index (χ4v) is 1.69. The van der Waals surface area contributed by atoms with E-state index in [1.807, 2.05) is 7.05 Å². The lowest BCUT2D eigenvalue weighted by Gasteiger charge is -2.19. The van der Waals surface area contributed by atoms with E-state index in [2.05, 4.69) is 7.05 Å². The average molecular weight is 170 g/mol. The lowest BCUT2D eigenvalue weighted by atomic mass is 10.1. The summed E-state index contributed by atoms with van der Waals surface area (Å²) in [6.45, 7) is 4.77. The molecular weight excluding hydrogens is 152 g/mol. The van der Waals surface area contributed by atoms with Crippen LogP contribution in [0.3, 0.4) is 0 Å². The fraction of sp³-hybridized carbons (Fsp3) is 0.778. The van der Waals surface area contributed by atoms with Crippen molar-refractivity contribution in [1.82, 2.24) is 4.90 Å². The van der Waals surface area contributed by atoms with Gasteiger partial charge in [0.2, 0.25) is 5.91 Å². The van der Waals surface area contributed by atoms with Gasteiger partial charge < -0.3 is 9.80 Å². The molecule has 1 saturated heterocycles. The summed E-state index contributed by atoms with van der Waals surface area (Å²) in [5.41, 5.74) is 0. The molecule has 2 atom stereocenters. The number of nitrogens with zero attached hydrogens (tertiary/aromatic N) is 1. The van der Waals surface area contributed by atoms with Gasteiger partial charge in [0.15, 0.2) is 0 Å². The Morgan fingerprint density at radius 1 is 1.75 bits per heavy atom. The van der Waals surface area contributed by atoms with Crippen LogP contribution >= 0.6 is 0 Å². The number of hydrogen-bond donors (Lipinski definition) is 1. The maximum Gasteiger partial charge on any atom is 0.219 e. The fourth-order valence-electron chi connectivity index (χ4n) is 1.69. The van der Waals surface area contributed by atoms with Crippen LogP contribution in [0, 0.1) is 13.0 Å². The summed E-state index contributed by atoms with van der Waals surface area (Å²) in [7, 11) is 5.82. The van der Waals surface area contributed by atoms with Crippen molar-refractivity contribution in [3.63, 3.8) is 0 Å². The molecular formula is C9H18N2O. The van der Waals surface area contributed by atoms with Crippen molar-refractivity contribution in [3.05, 3.63) is 7.05 Å². The smallest absolute Gasteiger partial charge is 0.219 e. The van der Waals surface area contributed by atoms with Gasteiger partial charge in [-0.25, -0.2) is 0 Å². The molecule has 0 aromatic carbocycles. The van der Waals surface area contributed by atoms with Crippen molar-refractivity contribution in [2.75, 3.05) is 26.7 Å². The molecule has 1 unspecified atom stereocenters. The van der Waals surface area contributed by atoms with E-state index in [4.69, 9.17) is 0 Å². The molecule has 1 aliphatic heterocycles. The van der Waals surface area contributed by atoms with Gasteiger partial charge in [-0.3, -0.25) is 4.79 Å². The average Bonchev–Trinajstić information content (AvgIpc) is 2.35. The predicted molar refractivity (Wildman–Crippen MR) is 47.5 cm³/mol. The standard InChI is InChI=1S/C9H18N2O/c1-8(12)11(3)7-9-4-5-10(2)6-9/h9-10H,2,4-7H2,1,3H3/t9-/m0/s1. The molecule has 0 aromatic heterocycles. The van der Waals surface area contributed by atoms with Crippen molar-refractivity contribution in [2.24, 2.45) is 5.92 Å². The van der Waals surface area contributed by atoms with Crippen molar-refractivity contribution in [1.29, 1.82) is 0 Å². The van der Waals surface area contributed by atoms with Crippen LogP contribution in [0.2, 0.25) is 0 Å². The number of hydrogen-bond acceptors (Lipinski definition) is 1. The Morgan fingerprint density at radius 2 is 2.42 bits per heavy atom. The molecule has 70 valence electrons. The Labute approximate surface area is 74.3 Å². The lowest BCUT2D eigenvalue weighted by molar-refractivity contribution is -0.841. The normalized spacial score (nSPS) is 28.9. The molecule has 0 aromatic rings. The van der Waals surface area contributed by atoms with Gasteiger partial charge in [-0.15, -0.1) is 0 Å². The molecule has 3 nitrogen and oxygen atoms in total. The first-order valence-electron chi connectivity index (χ1n) is 4.48. The van der Waals surface area contributed by atoms with Crippen molar-refractivity contribution < 1.29 is 9.69 Å². The summed E-state index contributed by atoms with van der Waals surface area (Å²) in [6.07, 6.45) is 1.20. The molecule has 12 heavy (non-hydrogen) atoms. The van der Waals surface area contributed by atoms with Gasteiger partial charge in [0.05, 0.1) is 13.1 Å². The van der Waals surface area contributed by atoms with Crippen LogP contribution in [-0.4, -0.2) is 37.5 Å². The number of rotatable bonds is 2. The first-order valence-corrected chi connectivity index (χ1v) is 4.48. The summed E-state index contributed by atoms with van der Waals surface area (Å²) in [5, 5.41) is 0. The molecule has 0 radical (unpaired) electrons. The largest absolute Gasteiger partial charge is 0.468 e. The zero-order valence-corrected chi connectivity index (χ0v) is 7.97. The molecule has 1 aliphatic rings. The predicted octanol–water partition coefficient (Wildman–Crippen LogP) is -0.839. The maximum atomic E-state index is 10.9. The molecule has 0 spiro atoms. The molecule has 1 fully saturated rings. The lowest BCUT2D eigenvalue weighted by Crippen LogP contribution is -3.04. The first-order chi connectivity index (χ1) is 5.59. The van der Waals surface area contributed by atoms with Crippen molar-refractivity contribution in [3.8, 4) is 0 Å². The highest BCUT2D eigenvalue weighted by atomic mass is 16.2. The van der Waals surface area contributed by atoms with Gasteiger partial charge in [-0.1, -0.05) is 0 Å². The molecule has 0 bridgehead atoms. The number of amides is 1. The third-order valence-electron chi connectivity index (χ3n) is 2.55. The first kappa shape index (κ1) is 9.52. The van der Waals surface area contributed by atoms with E-state index < -0.39 is 0 Å². The second-order valence-electron chi connectivity index (χ2n) is 3.76. The molecule has 0 aliphatic carbocycles. The molecule has 3 heteroatoms. The van der Waals surface area contributed by atoms with E-state index in [1.54, 1.807) is 11.8 Å². The number of quaternary nitrogens is 1. The van der Waals surface area contributed by atoms with Gasteiger partial charge in [-0.2, -0.15) is 7.05 Å². The second kappa shape index (κ2) is 3.90. The van der Waals surface area contributed by atoms with Crippen LogP contribution in [0.4, 0.5) is 0 Å². The van der Waals surface area contributed by atoms with E-state index in [1.165, 1.54) is 11.3 Å². The van der Waals surface area contributed by atoms with Crippen LogP contribution in [0.15, 0.2) is 0 Å². The number of carbonyl (C=O) groups excluding carboxylic acids is 1. The molecule has 1 N–H and O–H groups in total. The Hall–Kier alpha value is -0.570. The minimum atomic E-state index is 0.160. The maximum absolute atomic E-state index is 10.9. The third kappa shape index (κ3) is 2.48. The molecule has 1 rings (SSSR count). The van der Waals surface area contributed by atoms with Gasteiger partial charge in [0, 0.05) is 32.9 Å². The molecule has 0 saturated carbocycles. The van der Waals surface area contributed by atoms with Gasteiger partial charge in [-0.05, 0) is 0 Å². The number of nitrogens with one attached hydrogen (secondary N) is 1. The summed E-state index contributed by atoms with van der Waals surface area (Å²) in [4.78, 5) is 14.1. The summed E-state index contributed by atoms with van der Waals surface area (Å²) in [6, 6.07) is 0. The SMILES string of the molecule is [CH2-][NH+]1CC[C@H](CN(C)C(C)=O)C1. The van der Waals surface area contributed by atoms with E-state index in [0.29, 0.717) is 5.92 Å². The van der Waals surface area contributed by atoms with Crippen LogP contribution in [0.5, 0.6) is 0 Å². The highest BCUT2D eigenvalue weighted by Crippen LogP contribution is 2.05. The number of carbonyl (C=O) groups is 1. The number of likely N-dealkylation sites (tertiary alicyclic amines) is 1. The Bertz CT molecular complexity index is 170.